The molecule has 0 aliphatic heterocycles. The Labute approximate surface area is 161 Å². The van der Waals surface area contributed by atoms with E-state index in [0.29, 0.717) is 11.8 Å². The molecule has 4 rings (SSSR count). The molecule has 2 heterocycles. The molecule has 0 amide bonds. The number of aryl methyl sites for hydroxylation is 1. The lowest BCUT2D eigenvalue weighted by Gasteiger charge is -2.39. The highest BCUT2D eigenvalue weighted by molar-refractivity contribution is 5.84. The molecule has 1 aromatic carbocycles. The van der Waals surface area contributed by atoms with Gasteiger partial charge in [0.2, 0.25) is 0 Å². The van der Waals surface area contributed by atoms with Crippen LogP contribution in [0.4, 0.5) is 0 Å². The first-order chi connectivity index (χ1) is 13.0. The third kappa shape index (κ3) is 3.46. The SMILES string of the molecule is Cc1ccncc1-c1ccc2nc(C3CCC(N)(C(C)C)CC3)ncc2c1. The molecular weight excluding hydrogens is 332 g/mol. The molecule has 1 saturated carbocycles. The predicted molar refractivity (Wildman–Crippen MR) is 110 cm³/mol. The fourth-order valence-electron chi connectivity index (χ4n) is 4.17. The van der Waals surface area contributed by atoms with Gasteiger partial charge in [0, 0.05) is 41.0 Å². The number of nitrogens with zero attached hydrogens (tertiary/aromatic N) is 3. The number of pyridine rings is 1. The van der Waals surface area contributed by atoms with E-state index in [9.17, 15) is 0 Å². The van der Waals surface area contributed by atoms with Crippen LogP contribution in [0.2, 0.25) is 0 Å². The van der Waals surface area contributed by atoms with Crippen molar-refractivity contribution in [2.24, 2.45) is 11.7 Å². The molecule has 0 atom stereocenters. The molecule has 4 nitrogen and oxygen atoms in total. The van der Waals surface area contributed by atoms with E-state index in [1.807, 2.05) is 24.7 Å². The zero-order chi connectivity index (χ0) is 19.0. The molecule has 4 heteroatoms. The summed E-state index contributed by atoms with van der Waals surface area (Å²) in [5, 5.41) is 1.07. The summed E-state index contributed by atoms with van der Waals surface area (Å²) in [4.78, 5) is 13.9. The van der Waals surface area contributed by atoms with Gasteiger partial charge >= 0.3 is 0 Å². The van der Waals surface area contributed by atoms with Crippen LogP contribution in [-0.4, -0.2) is 20.5 Å². The van der Waals surface area contributed by atoms with E-state index in [1.165, 1.54) is 5.56 Å². The van der Waals surface area contributed by atoms with Gasteiger partial charge in [-0.05, 0) is 67.9 Å². The fourth-order valence-corrected chi connectivity index (χ4v) is 4.17. The molecule has 1 fully saturated rings. The van der Waals surface area contributed by atoms with Crippen LogP contribution in [0.5, 0.6) is 0 Å². The number of hydrogen-bond acceptors (Lipinski definition) is 4. The summed E-state index contributed by atoms with van der Waals surface area (Å²) >= 11 is 0. The highest BCUT2D eigenvalue weighted by atomic mass is 14.9. The van der Waals surface area contributed by atoms with Crippen LogP contribution >= 0.6 is 0 Å². The van der Waals surface area contributed by atoms with Crippen molar-refractivity contribution in [1.82, 2.24) is 15.0 Å². The summed E-state index contributed by atoms with van der Waals surface area (Å²) in [6.07, 6.45) is 9.97. The Morgan fingerprint density at radius 2 is 1.89 bits per heavy atom. The normalized spacial score (nSPS) is 23.1. The Kier molecular flexibility index (Phi) is 4.68. The maximum atomic E-state index is 6.57. The molecule has 1 aliphatic carbocycles. The maximum absolute atomic E-state index is 6.57. The standard InChI is InChI=1S/C23H28N4/c1-15(2)23(24)9-6-17(7-10-23)22-26-13-19-12-18(4-5-21(19)27-22)20-14-25-11-8-16(20)3/h4-5,8,11-15,17H,6-7,9-10,24H2,1-3H3. The Morgan fingerprint density at radius 3 is 2.59 bits per heavy atom. The average Bonchev–Trinajstić information content (AvgIpc) is 2.68. The first kappa shape index (κ1) is 18.1. The van der Waals surface area contributed by atoms with E-state index in [1.54, 1.807) is 0 Å². The molecule has 2 aromatic heterocycles. The molecule has 0 bridgehead atoms. The molecular formula is C23H28N4. The monoisotopic (exact) mass is 360 g/mol. The lowest BCUT2D eigenvalue weighted by Crippen LogP contribution is -2.47. The van der Waals surface area contributed by atoms with Crippen LogP contribution in [0.1, 0.15) is 56.8 Å². The topological polar surface area (TPSA) is 64.7 Å². The van der Waals surface area contributed by atoms with Crippen LogP contribution in [0.3, 0.4) is 0 Å². The highest BCUT2D eigenvalue weighted by Gasteiger charge is 2.35. The number of benzene rings is 1. The van der Waals surface area contributed by atoms with Crippen molar-refractivity contribution in [3.8, 4) is 11.1 Å². The molecule has 0 radical (unpaired) electrons. The molecule has 0 unspecified atom stereocenters. The first-order valence-electron chi connectivity index (χ1n) is 9.93. The summed E-state index contributed by atoms with van der Waals surface area (Å²) in [5.74, 6) is 1.91. The molecule has 1 aliphatic rings. The number of fused-ring (bicyclic) bond motifs is 1. The van der Waals surface area contributed by atoms with Crippen molar-refractivity contribution >= 4 is 10.9 Å². The smallest absolute Gasteiger partial charge is 0.132 e. The van der Waals surface area contributed by atoms with E-state index in [-0.39, 0.29) is 5.54 Å². The second-order valence-corrected chi connectivity index (χ2v) is 8.35. The molecule has 3 aromatic rings. The Balaban J connectivity index is 1.59. The van der Waals surface area contributed by atoms with E-state index in [2.05, 4.69) is 44.0 Å². The summed E-state index contributed by atoms with van der Waals surface area (Å²) in [7, 11) is 0. The van der Waals surface area contributed by atoms with Crippen LogP contribution in [0, 0.1) is 12.8 Å². The van der Waals surface area contributed by atoms with Crippen molar-refractivity contribution in [1.29, 1.82) is 0 Å². The van der Waals surface area contributed by atoms with Gasteiger partial charge in [0.05, 0.1) is 5.52 Å². The molecule has 0 saturated heterocycles. The second kappa shape index (κ2) is 7.01. The van der Waals surface area contributed by atoms with Gasteiger partial charge in [0.25, 0.3) is 0 Å². The Bertz CT molecular complexity index is 956. The summed E-state index contributed by atoms with van der Waals surface area (Å²) < 4.78 is 0. The second-order valence-electron chi connectivity index (χ2n) is 8.35. The number of nitrogens with two attached hydrogens (primary N) is 1. The van der Waals surface area contributed by atoms with Gasteiger partial charge in [0.1, 0.15) is 5.82 Å². The van der Waals surface area contributed by atoms with Gasteiger partial charge in [-0.3, -0.25) is 4.98 Å². The van der Waals surface area contributed by atoms with Gasteiger partial charge in [-0.1, -0.05) is 19.9 Å². The Morgan fingerprint density at radius 1 is 1.11 bits per heavy atom. The van der Waals surface area contributed by atoms with E-state index in [0.717, 1.165) is 53.5 Å². The predicted octanol–water partition coefficient (Wildman–Crippen LogP) is 5.01. The largest absolute Gasteiger partial charge is 0.325 e. The number of aromatic nitrogens is 3. The molecule has 140 valence electrons. The minimum Gasteiger partial charge on any atom is -0.325 e. The van der Waals surface area contributed by atoms with Gasteiger partial charge in [-0.2, -0.15) is 0 Å². The maximum Gasteiger partial charge on any atom is 0.132 e. The summed E-state index contributed by atoms with van der Waals surface area (Å²) in [6.45, 7) is 6.57. The van der Waals surface area contributed by atoms with Gasteiger partial charge in [-0.15, -0.1) is 0 Å². The Hall–Kier alpha value is -2.33. The van der Waals surface area contributed by atoms with Crippen LogP contribution in [0.15, 0.2) is 42.9 Å². The minimum absolute atomic E-state index is 0.0240. The van der Waals surface area contributed by atoms with Gasteiger partial charge < -0.3 is 5.73 Å². The molecule has 0 spiro atoms. The number of rotatable bonds is 3. The summed E-state index contributed by atoms with van der Waals surface area (Å²) in [6, 6.07) is 8.44. The van der Waals surface area contributed by atoms with Crippen molar-refractivity contribution in [2.75, 3.05) is 0 Å². The lowest BCUT2D eigenvalue weighted by atomic mass is 9.71. The van der Waals surface area contributed by atoms with Crippen molar-refractivity contribution < 1.29 is 0 Å². The first-order valence-corrected chi connectivity index (χ1v) is 9.93. The van der Waals surface area contributed by atoms with Crippen molar-refractivity contribution in [3.05, 3.63) is 54.2 Å². The van der Waals surface area contributed by atoms with Gasteiger partial charge in [-0.25, -0.2) is 9.97 Å². The van der Waals surface area contributed by atoms with Crippen LogP contribution < -0.4 is 5.73 Å². The molecule has 27 heavy (non-hydrogen) atoms. The molecule has 2 N–H and O–H groups in total. The zero-order valence-electron chi connectivity index (χ0n) is 16.4. The summed E-state index contributed by atoms with van der Waals surface area (Å²) in [5.41, 5.74) is 11.1. The lowest BCUT2D eigenvalue weighted by molar-refractivity contribution is 0.204. The quantitative estimate of drug-likeness (QED) is 0.713. The van der Waals surface area contributed by atoms with Crippen LogP contribution in [-0.2, 0) is 0 Å². The van der Waals surface area contributed by atoms with Gasteiger partial charge in [0.15, 0.2) is 0 Å². The highest BCUT2D eigenvalue weighted by Crippen LogP contribution is 2.39. The number of hydrogen-bond donors (Lipinski definition) is 1. The van der Waals surface area contributed by atoms with E-state index in [4.69, 9.17) is 15.7 Å². The van der Waals surface area contributed by atoms with Crippen molar-refractivity contribution in [2.45, 2.75) is 57.9 Å². The third-order valence-corrected chi connectivity index (χ3v) is 6.38. The minimum atomic E-state index is -0.0240. The van der Waals surface area contributed by atoms with E-state index < -0.39 is 0 Å². The zero-order valence-corrected chi connectivity index (χ0v) is 16.4. The van der Waals surface area contributed by atoms with E-state index >= 15 is 0 Å². The fraction of sp³-hybridized carbons (Fsp3) is 0.435. The van der Waals surface area contributed by atoms with Crippen LogP contribution in [0.25, 0.3) is 22.0 Å². The third-order valence-electron chi connectivity index (χ3n) is 6.38. The average molecular weight is 361 g/mol. The van der Waals surface area contributed by atoms with Crippen molar-refractivity contribution in [3.63, 3.8) is 0 Å².